The maximum absolute atomic E-state index is 13.2. The zero-order chi connectivity index (χ0) is 18.4. The Labute approximate surface area is 138 Å². The molecular weight excluding hydrogens is 339 g/mol. The number of hydrogen-bond donors (Lipinski definition) is 0. The van der Waals surface area contributed by atoms with Crippen molar-refractivity contribution in [2.45, 2.75) is 76.8 Å². The van der Waals surface area contributed by atoms with E-state index < -0.39 is 41.8 Å². The minimum atomic E-state index is -4.06. The molecule has 0 saturated heterocycles. The highest BCUT2D eigenvalue weighted by Crippen LogP contribution is 2.32. The van der Waals surface area contributed by atoms with Gasteiger partial charge in [0.1, 0.15) is 10.9 Å². The summed E-state index contributed by atoms with van der Waals surface area (Å²) in [7, 11) is 0. The van der Waals surface area contributed by atoms with Crippen LogP contribution in [0, 0.1) is 5.92 Å². The van der Waals surface area contributed by atoms with Gasteiger partial charge in [0.05, 0.1) is 0 Å². The molecule has 2 atom stereocenters. The Morgan fingerprint density at radius 2 is 1.65 bits per heavy atom. The number of halogens is 5. The van der Waals surface area contributed by atoms with Crippen molar-refractivity contribution >= 4 is 17.7 Å². The Balaban J connectivity index is 4.43. The normalized spacial score (nSPS) is 15.8. The van der Waals surface area contributed by atoms with E-state index in [0.29, 0.717) is 0 Å². The molecule has 0 amide bonds. The summed E-state index contributed by atoms with van der Waals surface area (Å²) in [4.78, 5) is 12.0. The molecule has 0 fully saturated rings. The molecule has 0 aliphatic rings. The van der Waals surface area contributed by atoms with Crippen LogP contribution in [0.3, 0.4) is 0 Å². The van der Waals surface area contributed by atoms with Crippen LogP contribution in [-0.4, -0.2) is 41.1 Å². The second-order valence-electron chi connectivity index (χ2n) is 6.67. The molecule has 0 bridgehead atoms. The fourth-order valence-electron chi connectivity index (χ4n) is 1.73. The van der Waals surface area contributed by atoms with Crippen molar-refractivity contribution in [3.63, 3.8) is 0 Å². The zero-order valence-corrected chi connectivity index (χ0v) is 14.9. The molecule has 0 saturated carbocycles. The van der Waals surface area contributed by atoms with Crippen LogP contribution in [0.5, 0.6) is 0 Å². The van der Waals surface area contributed by atoms with Gasteiger partial charge in [0.25, 0.3) is 12.3 Å². The molecular formula is C15H25F5O2S. The number of alkyl halides is 5. The van der Waals surface area contributed by atoms with E-state index in [2.05, 4.69) is 0 Å². The zero-order valence-electron chi connectivity index (χ0n) is 14.0. The van der Waals surface area contributed by atoms with Crippen molar-refractivity contribution in [2.24, 2.45) is 5.92 Å². The third-order valence-corrected chi connectivity index (χ3v) is 4.44. The molecule has 23 heavy (non-hydrogen) atoms. The highest BCUT2D eigenvalue weighted by atomic mass is 32.2. The van der Waals surface area contributed by atoms with Crippen LogP contribution in [0.2, 0.25) is 0 Å². The monoisotopic (exact) mass is 364 g/mol. The van der Waals surface area contributed by atoms with E-state index >= 15 is 0 Å². The van der Waals surface area contributed by atoms with E-state index in [9.17, 15) is 26.7 Å². The molecule has 0 aromatic rings. The largest absolute Gasteiger partial charge is 0.459 e. The lowest BCUT2D eigenvalue weighted by atomic mass is 10.1. The van der Waals surface area contributed by atoms with Gasteiger partial charge in [-0.05, 0) is 38.9 Å². The lowest BCUT2D eigenvalue weighted by molar-refractivity contribution is -0.154. The fraction of sp³-hybridized carbons (Fsp3) is 0.933. The molecule has 0 heterocycles. The van der Waals surface area contributed by atoms with Gasteiger partial charge in [-0.25, -0.2) is 22.0 Å². The van der Waals surface area contributed by atoms with Gasteiger partial charge in [0.15, 0.2) is 0 Å². The number of rotatable bonds is 9. The number of thioether (sulfide) groups is 1. The van der Waals surface area contributed by atoms with E-state index in [1.807, 2.05) is 0 Å². The number of hydrogen-bond acceptors (Lipinski definition) is 3. The van der Waals surface area contributed by atoms with Crippen LogP contribution >= 0.6 is 11.8 Å². The maximum atomic E-state index is 13.2. The Bertz CT molecular complexity index is 369. The maximum Gasteiger partial charge on any atom is 0.319 e. The SMILES string of the molecule is CC(C)C(SCCCC(F)(F)C(F)C(F)F)C(=O)OC(C)(C)C. The average Bonchev–Trinajstić information content (AvgIpc) is 2.34. The topological polar surface area (TPSA) is 26.3 Å². The summed E-state index contributed by atoms with van der Waals surface area (Å²) in [5.41, 5.74) is -0.656. The molecule has 0 radical (unpaired) electrons. The van der Waals surface area contributed by atoms with E-state index in [1.54, 1.807) is 34.6 Å². The lowest BCUT2D eigenvalue weighted by Gasteiger charge is -2.26. The van der Waals surface area contributed by atoms with Gasteiger partial charge in [-0.15, -0.1) is 11.8 Å². The van der Waals surface area contributed by atoms with E-state index in [-0.39, 0.29) is 18.1 Å². The van der Waals surface area contributed by atoms with Gasteiger partial charge in [-0.3, -0.25) is 4.79 Å². The van der Waals surface area contributed by atoms with E-state index in [4.69, 9.17) is 4.74 Å². The van der Waals surface area contributed by atoms with Crippen molar-refractivity contribution in [3.8, 4) is 0 Å². The third kappa shape index (κ3) is 8.77. The Morgan fingerprint density at radius 3 is 2.04 bits per heavy atom. The number of ether oxygens (including phenoxy) is 1. The first-order chi connectivity index (χ1) is 10.3. The first-order valence-electron chi connectivity index (χ1n) is 7.42. The fourth-order valence-corrected chi connectivity index (χ4v) is 2.87. The second kappa shape index (κ2) is 9.08. The van der Waals surface area contributed by atoms with Crippen LogP contribution in [0.15, 0.2) is 0 Å². The molecule has 2 unspecified atom stereocenters. The Kier molecular flexibility index (Phi) is 8.87. The smallest absolute Gasteiger partial charge is 0.319 e. The van der Waals surface area contributed by atoms with Crippen molar-refractivity contribution < 1.29 is 31.5 Å². The molecule has 138 valence electrons. The molecule has 8 heteroatoms. The van der Waals surface area contributed by atoms with Gasteiger partial charge in [0, 0.05) is 6.42 Å². The Morgan fingerprint density at radius 1 is 1.13 bits per heavy atom. The van der Waals surface area contributed by atoms with Crippen LogP contribution in [0.1, 0.15) is 47.5 Å². The summed E-state index contributed by atoms with van der Waals surface area (Å²) in [5.74, 6) is -4.45. The molecule has 0 N–H and O–H groups in total. The first-order valence-corrected chi connectivity index (χ1v) is 8.47. The molecule has 0 spiro atoms. The summed E-state index contributed by atoms with van der Waals surface area (Å²) < 4.78 is 68.4. The summed E-state index contributed by atoms with van der Waals surface area (Å²) >= 11 is 1.12. The van der Waals surface area contributed by atoms with Gasteiger partial charge < -0.3 is 4.74 Å². The molecule has 2 nitrogen and oxygen atoms in total. The van der Waals surface area contributed by atoms with Gasteiger partial charge in [-0.1, -0.05) is 13.8 Å². The Hall–Kier alpha value is -0.530. The van der Waals surface area contributed by atoms with Crippen molar-refractivity contribution in [1.82, 2.24) is 0 Å². The first kappa shape index (κ1) is 22.5. The second-order valence-corrected chi connectivity index (χ2v) is 7.92. The molecule has 0 aliphatic heterocycles. The molecule has 0 aliphatic carbocycles. The third-order valence-electron chi connectivity index (χ3n) is 2.82. The quantitative estimate of drug-likeness (QED) is 0.323. The predicted octanol–water partition coefficient (Wildman–Crippen LogP) is 5.10. The van der Waals surface area contributed by atoms with E-state index in [0.717, 1.165) is 11.8 Å². The molecule has 0 aromatic carbocycles. The average molecular weight is 364 g/mol. The number of esters is 1. The van der Waals surface area contributed by atoms with Crippen LogP contribution in [0.4, 0.5) is 22.0 Å². The number of carbonyl (C=O) groups is 1. The van der Waals surface area contributed by atoms with Crippen molar-refractivity contribution in [1.29, 1.82) is 0 Å². The highest BCUT2D eigenvalue weighted by molar-refractivity contribution is 8.00. The molecule has 0 rings (SSSR count). The minimum absolute atomic E-state index is 0.0784. The van der Waals surface area contributed by atoms with Crippen molar-refractivity contribution in [2.75, 3.05) is 5.75 Å². The summed E-state index contributed by atoms with van der Waals surface area (Å²) in [6, 6.07) is 0. The summed E-state index contributed by atoms with van der Waals surface area (Å²) in [6.07, 6.45) is -8.32. The van der Waals surface area contributed by atoms with Gasteiger partial charge in [0.2, 0.25) is 6.17 Å². The van der Waals surface area contributed by atoms with Crippen LogP contribution in [0.25, 0.3) is 0 Å². The minimum Gasteiger partial charge on any atom is -0.459 e. The van der Waals surface area contributed by atoms with Crippen LogP contribution in [-0.2, 0) is 9.53 Å². The van der Waals surface area contributed by atoms with Crippen LogP contribution < -0.4 is 0 Å². The highest BCUT2D eigenvalue weighted by Gasteiger charge is 2.45. The van der Waals surface area contributed by atoms with Gasteiger partial charge in [-0.2, -0.15) is 0 Å². The number of carbonyl (C=O) groups excluding carboxylic acids is 1. The summed E-state index contributed by atoms with van der Waals surface area (Å²) in [6.45, 7) is 8.76. The van der Waals surface area contributed by atoms with E-state index in [1.165, 1.54) is 0 Å². The van der Waals surface area contributed by atoms with Gasteiger partial charge >= 0.3 is 5.97 Å². The standard InChI is InChI=1S/C15H25F5O2S/c1-9(2)10(13(21)22-14(3,4)5)23-8-6-7-15(19,20)11(16)12(17)18/h9-12H,6-8H2,1-5H3. The molecule has 0 aromatic heterocycles. The summed E-state index contributed by atoms with van der Waals surface area (Å²) in [5, 5.41) is -0.542. The van der Waals surface area contributed by atoms with Crippen molar-refractivity contribution in [3.05, 3.63) is 0 Å². The predicted molar refractivity (Wildman–Crippen MR) is 82.0 cm³/mol. The lowest BCUT2D eigenvalue weighted by Crippen LogP contribution is -2.36.